The van der Waals surface area contributed by atoms with Crippen LogP contribution in [0.25, 0.3) is 0 Å². The molecule has 1 amide bonds. The Morgan fingerprint density at radius 1 is 1.18 bits per heavy atom. The van der Waals surface area contributed by atoms with Gasteiger partial charge in [0.05, 0.1) is 13.7 Å². The molecule has 1 unspecified atom stereocenters. The van der Waals surface area contributed by atoms with E-state index in [0.717, 1.165) is 35.4 Å². The maximum Gasteiger partial charge on any atom is 0.513 e. The zero-order chi connectivity index (χ0) is 24.1. The summed E-state index contributed by atoms with van der Waals surface area (Å²) >= 11 is 6.47. The van der Waals surface area contributed by atoms with Crippen LogP contribution >= 0.6 is 11.6 Å². The highest BCUT2D eigenvalue weighted by Gasteiger charge is 2.26. The Labute approximate surface area is 199 Å². The molecule has 2 N–H and O–H groups in total. The SMILES string of the molecule is COc1ccc2c(c1)CCCN2C(=O)CC(N)c1c(C)cc(OC(=O)OCC(C)C)cc1Cl. The van der Waals surface area contributed by atoms with Crippen molar-refractivity contribution in [1.82, 2.24) is 0 Å². The summed E-state index contributed by atoms with van der Waals surface area (Å²) in [6.45, 7) is 6.60. The van der Waals surface area contributed by atoms with Crippen molar-refractivity contribution >= 4 is 29.4 Å². The molecule has 0 bridgehead atoms. The molecule has 8 heteroatoms. The number of aryl methyl sites for hydroxylation is 2. The summed E-state index contributed by atoms with van der Waals surface area (Å²) < 4.78 is 15.6. The van der Waals surface area contributed by atoms with Crippen LogP contribution in [-0.2, 0) is 16.0 Å². The Morgan fingerprint density at radius 2 is 1.94 bits per heavy atom. The number of methoxy groups -OCH3 is 1. The van der Waals surface area contributed by atoms with Crippen LogP contribution in [0.3, 0.4) is 0 Å². The Kier molecular flexibility index (Phi) is 8.21. The molecular formula is C25H31ClN2O5. The summed E-state index contributed by atoms with van der Waals surface area (Å²) in [6, 6.07) is 8.34. The highest BCUT2D eigenvalue weighted by Crippen LogP contribution is 2.34. The molecule has 0 saturated carbocycles. The van der Waals surface area contributed by atoms with Crippen LogP contribution in [0.4, 0.5) is 10.5 Å². The second-order valence-electron chi connectivity index (χ2n) is 8.65. The average Bonchev–Trinajstić information content (AvgIpc) is 2.76. The molecule has 0 aliphatic carbocycles. The fourth-order valence-electron chi connectivity index (χ4n) is 3.97. The first-order valence-electron chi connectivity index (χ1n) is 11.1. The molecule has 2 aromatic rings. The van der Waals surface area contributed by atoms with Crippen molar-refractivity contribution in [2.45, 2.75) is 46.1 Å². The van der Waals surface area contributed by atoms with Gasteiger partial charge in [-0.1, -0.05) is 25.4 Å². The number of hydrogen-bond donors (Lipinski definition) is 1. The maximum absolute atomic E-state index is 13.1. The van der Waals surface area contributed by atoms with Crippen LogP contribution in [0.1, 0.15) is 49.4 Å². The minimum atomic E-state index is -0.785. The van der Waals surface area contributed by atoms with Gasteiger partial charge in [-0.05, 0) is 66.6 Å². The van der Waals surface area contributed by atoms with Crippen LogP contribution in [0.2, 0.25) is 5.02 Å². The molecule has 1 aliphatic rings. The summed E-state index contributed by atoms with van der Waals surface area (Å²) in [5.41, 5.74) is 9.78. The largest absolute Gasteiger partial charge is 0.513 e. The Balaban J connectivity index is 1.71. The molecule has 1 aliphatic heterocycles. The molecule has 3 rings (SSSR count). The number of fused-ring (bicyclic) bond motifs is 1. The Bertz CT molecular complexity index is 1000. The molecule has 0 radical (unpaired) electrons. The van der Waals surface area contributed by atoms with Gasteiger partial charge in [-0.3, -0.25) is 4.79 Å². The third kappa shape index (κ3) is 6.18. The molecule has 0 aromatic heterocycles. The van der Waals surface area contributed by atoms with Crippen molar-refractivity contribution < 1.29 is 23.8 Å². The van der Waals surface area contributed by atoms with E-state index >= 15 is 0 Å². The number of benzene rings is 2. The predicted octanol–water partition coefficient (Wildman–Crippen LogP) is 5.20. The van der Waals surface area contributed by atoms with Gasteiger partial charge in [0.2, 0.25) is 5.91 Å². The average molecular weight is 475 g/mol. The second kappa shape index (κ2) is 10.9. The minimum absolute atomic E-state index is 0.0679. The lowest BCUT2D eigenvalue weighted by Crippen LogP contribution is -2.37. The molecule has 0 spiro atoms. The number of hydrogen-bond acceptors (Lipinski definition) is 6. The van der Waals surface area contributed by atoms with Crippen LogP contribution in [-0.4, -0.2) is 32.3 Å². The molecule has 33 heavy (non-hydrogen) atoms. The third-order valence-corrected chi connectivity index (χ3v) is 5.83. The number of anilines is 1. The number of nitrogens with zero attached hydrogens (tertiary/aromatic N) is 1. The second-order valence-corrected chi connectivity index (χ2v) is 9.05. The number of nitrogens with two attached hydrogens (primary N) is 1. The molecule has 0 fully saturated rings. The molecule has 178 valence electrons. The lowest BCUT2D eigenvalue weighted by molar-refractivity contribution is -0.119. The summed E-state index contributed by atoms with van der Waals surface area (Å²) in [4.78, 5) is 26.8. The van der Waals surface area contributed by atoms with Crippen molar-refractivity contribution in [1.29, 1.82) is 0 Å². The van der Waals surface area contributed by atoms with E-state index in [-0.39, 0.29) is 30.6 Å². The van der Waals surface area contributed by atoms with Gasteiger partial charge in [0.1, 0.15) is 11.5 Å². The van der Waals surface area contributed by atoms with Crippen molar-refractivity contribution in [3.8, 4) is 11.5 Å². The number of carbonyl (C=O) groups excluding carboxylic acids is 2. The molecule has 1 atom stereocenters. The monoisotopic (exact) mass is 474 g/mol. The number of halogens is 1. The lowest BCUT2D eigenvalue weighted by atomic mass is 9.96. The number of rotatable bonds is 7. The molecule has 0 saturated heterocycles. The van der Waals surface area contributed by atoms with Gasteiger partial charge in [0, 0.05) is 35.8 Å². The highest BCUT2D eigenvalue weighted by atomic mass is 35.5. The highest BCUT2D eigenvalue weighted by molar-refractivity contribution is 6.31. The van der Waals surface area contributed by atoms with Gasteiger partial charge in [-0.2, -0.15) is 0 Å². The normalized spacial score (nSPS) is 14.0. The Morgan fingerprint density at radius 3 is 2.61 bits per heavy atom. The van der Waals surface area contributed by atoms with Gasteiger partial charge in [0.25, 0.3) is 0 Å². The zero-order valence-corrected chi connectivity index (χ0v) is 20.3. The van der Waals surface area contributed by atoms with Crippen LogP contribution < -0.4 is 20.1 Å². The number of carbonyl (C=O) groups is 2. The van der Waals surface area contributed by atoms with Crippen molar-refractivity contribution in [3.05, 3.63) is 52.0 Å². The topological polar surface area (TPSA) is 91.1 Å². The van der Waals surface area contributed by atoms with Crippen LogP contribution in [0.15, 0.2) is 30.3 Å². The summed E-state index contributed by atoms with van der Waals surface area (Å²) in [5.74, 6) is 1.18. The quantitative estimate of drug-likeness (QED) is 0.438. The van der Waals surface area contributed by atoms with Crippen molar-refractivity contribution in [2.75, 3.05) is 25.2 Å². The summed E-state index contributed by atoms with van der Waals surface area (Å²) in [7, 11) is 1.63. The summed E-state index contributed by atoms with van der Waals surface area (Å²) in [6.07, 6.45) is 1.09. The molecule has 1 heterocycles. The third-order valence-electron chi connectivity index (χ3n) is 5.52. The first kappa shape index (κ1) is 24.9. The zero-order valence-electron chi connectivity index (χ0n) is 19.5. The van der Waals surface area contributed by atoms with Crippen molar-refractivity contribution in [2.24, 2.45) is 11.7 Å². The van der Waals surface area contributed by atoms with E-state index in [1.54, 1.807) is 18.1 Å². The van der Waals surface area contributed by atoms with E-state index in [2.05, 4.69) is 0 Å². The molecule has 7 nitrogen and oxygen atoms in total. The van der Waals surface area contributed by atoms with Gasteiger partial charge in [-0.25, -0.2) is 4.79 Å². The van der Waals surface area contributed by atoms with E-state index in [1.165, 1.54) is 6.07 Å². The maximum atomic E-state index is 13.1. The molecular weight excluding hydrogens is 444 g/mol. The van der Waals surface area contributed by atoms with E-state index < -0.39 is 12.2 Å². The molecule has 2 aromatic carbocycles. The minimum Gasteiger partial charge on any atom is -0.497 e. The van der Waals surface area contributed by atoms with E-state index in [0.29, 0.717) is 17.1 Å². The van der Waals surface area contributed by atoms with Crippen LogP contribution in [0, 0.1) is 12.8 Å². The Hall–Kier alpha value is -2.77. The number of ether oxygens (including phenoxy) is 3. The van der Waals surface area contributed by atoms with E-state index in [4.69, 9.17) is 31.5 Å². The fraction of sp³-hybridized carbons (Fsp3) is 0.440. The van der Waals surface area contributed by atoms with Gasteiger partial charge < -0.3 is 24.8 Å². The summed E-state index contributed by atoms with van der Waals surface area (Å²) in [5, 5.41) is 0.339. The lowest BCUT2D eigenvalue weighted by Gasteiger charge is -2.31. The fourth-order valence-corrected chi connectivity index (χ4v) is 4.37. The van der Waals surface area contributed by atoms with E-state index in [9.17, 15) is 9.59 Å². The van der Waals surface area contributed by atoms with Gasteiger partial charge in [0.15, 0.2) is 0 Å². The van der Waals surface area contributed by atoms with Gasteiger partial charge in [-0.15, -0.1) is 0 Å². The van der Waals surface area contributed by atoms with Crippen LogP contribution in [0.5, 0.6) is 11.5 Å². The van der Waals surface area contributed by atoms with Crippen molar-refractivity contribution in [3.63, 3.8) is 0 Å². The first-order valence-corrected chi connectivity index (χ1v) is 11.4. The number of amides is 1. The smallest absolute Gasteiger partial charge is 0.497 e. The van der Waals surface area contributed by atoms with E-state index in [1.807, 2.05) is 39.0 Å². The van der Waals surface area contributed by atoms with Gasteiger partial charge >= 0.3 is 6.16 Å². The predicted molar refractivity (Wildman–Crippen MR) is 128 cm³/mol. The standard InChI is InChI=1S/C25H31ClN2O5/c1-15(2)14-32-25(30)33-19-10-16(3)24(20(26)12-19)21(27)13-23(29)28-9-5-6-17-11-18(31-4)7-8-22(17)28/h7-8,10-12,15,21H,5-6,9,13-14,27H2,1-4H3. The first-order chi connectivity index (χ1) is 15.7.